The highest BCUT2D eigenvalue weighted by Gasteiger charge is 2.07. The first-order chi connectivity index (χ1) is 6.68. The number of benzene rings is 1. The Kier molecular flexibility index (Phi) is 2.00. The van der Waals surface area contributed by atoms with Crippen LogP contribution in [0.3, 0.4) is 0 Å². The maximum atomic E-state index is 13.1. The maximum absolute atomic E-state index is 13.1. The van der Waals surface area contributed by atoms with E-state index >= 15 is 0 Å². The van der Waals surface area contributed by atoms with Crippen LogP contribution in [0.25, 0.3) is 11.1 Å². The molecule has 0 aliphatic carbocycles. The third-order valence-electron chi connectivity index (χ3n) is 2.18. The Bertz CT molecular complexity index is 449. The van der Waals surface area contributed by atoms with E-state index in [4.69, 9.17) is 10.2 Å². The molecule has 2 rings (SSSR count). The lowest BCUT2D eigenvalue weighted by Crippen LogP contribution is -1.93. The third kappa shape index (κ3) is 1.37. The Morgan fingerprint density at radius 2 is 2.14 bits per heavy atom. The molecule has 0 aliphatic heterocycles. The van der Waals surface area contributed by atoms with Gasteiger partial charge in [-0.2, -0.15) is 0 Å². The molecule has 0 spiro atoms. The van der Waals surface area contributed by atoms with E-state index < -0.39 is 0 Å². The normalized spacial score (nSPS) is 10.4. The summed E-state index contributed by atoms with van der Waals surface area (Å²) in [7, 11) is 0. The molecule has 0 atom stereocenters. The summed E-state index contributed by atoms with van der Waals surface area (Å²) in [6.45, 7) is 1.84. The van der Waals surface area contributed by atoms with Gasteiger partial charge >= 0.3 is 0 Å². The monoisotopic (exact) mass is 191 g/mol. The van der Waals surface area contributed by atoms with Crippen LogP contribution in [0.5, 0.6) is 0 Å². The lowest BCUT2D eigenvalue weighted by atomic mass is 10.0. The summed E-state index contributed by atoms with van der Waals surface area (Å²) in [5, 5.41) is 0. The van der Waals surface area contributed by atoms with Crippen molar-refractivity contribution in [2.24, 2.45) is 0 Å². The largest absolute Gasteiger partial charge is 0.472 e. The van der Waals surface area contributed by atoms with E-state index in [1.807, 2.05) is 13.0 Å². The van der Waals surface area contributed by atoms with Gasteiger partial charge in [0.15, 0.2) is 0 Å². The molecule has 1 aromatic carbocycles. The average molecular weight is 191 g/mol. The molecule has 0 radical (unpaired) electrons. The minimum absolute atomic E-state index is 0.159. The maximum Gasteiger partial charge on any atom is 0.146 e. The zero-order valence-corrected chi connectivity index (χ0v) is 7.75. The lowest BCUT2D eigenvalue weighted by molar-refractivity contribution is 0.568. The Labute approximate surface area is 81.2 Å². The van der Waals surface area contributed by atoms with Crippen molar-refractivity contribution < 1.29 is 8.81 Å². The van der Waals surface area contributed by atoms with E-state index in [-0.39, 0.29) is 11.5 Å². The number of hydrogen-bond acceptors (Lipinski definition) is 2. The van der Waals surface area contributed by atoms with E-state index in [1.54, 1.807) is 18.6 Å². The van der Waals surface area contributed by atoms with Crippen LogP contribution in [-0.4, -0.2) is 0 Å². The molecule has 3 heteroatoms. The Morgan fingerprint density at radius 1 is 1.36 bits per heavy atom. The summed E-state index contributed by atoms with van der Waals surface area (Å²) in [4.78, 5) is 0. The van der Waals surface area contributed by atoms with E-state index in [2.05, 4.69) is 0 Å². The summed E-state index contributed by atoms with van der Waals surface area (Å²) < 4.78 is 18.0. The molecule has 0 saturated carbocycles. The second kappa shape index (κ2) is 3.18. The third-order valence-corrected chi connectivity index (χ3v) is 2.18. The van der Waals surface area contributed by atoms with E-state index in [0.717, 1.165) is 16.7 Å². The van der Waals surface area contributed by atoms with Crippen molar-refractivity contribution in [1.82, 2.24) is 0 Å². The zero-order chi connectivity index (χ0) is 10.1. The summed E-state index contributed by atoms with van der Waals surface area (Å²) in [6.07, 6.45) is 3.19. The van der Waals surface area contributed by atoms with Gasteiger partial charge in [-0.1, -0.05) is 0 Å². The molecule has 0 saturated heterocycles. The first kappa shape index (κ1) is 8.81. The Morgan fingerprint density at radius 3 is 2.79 bits per heavy atom. The number of rotatable bonds is 1. The molecule has 1 aromatic heterocycles. The van der Waals surface area contributed by atoms with Crippen molar-refractivity contribution in [3.05, 3.63) is 42.1 Å². The van der Waals surface area contributed by atoms with Gasteiger partial charge in [0.2, 0.25) is 0 Å². The van der Waals surface area contributed by atoms with Gasteiger partial charge in [0.05, 0.1) is 18.2 Å². The van der Waals surface area contributed by atoms with Crippen LogP contribution in [0.4, 0.5) is 10.1 Å². The average Bonchev–Trinajstić information content (AvgIpc) is 2.64. The van der Waals surface area contributed by atoms with Crippen molar-refractivity contribution in [2.75, 3.05) is 5.73 Å². The fourth-order valence-electron chi connectivity index (χ4n) is 1.42. The highest BCUT2D eigenvalue weighted by atomic mass is 19.1. The Balaban J connectivity index is 2.60. The van der Waals surface area contributed by atoms with Crippen LogP contribution in [0.1, 0.15) is 5.56 Å². The van der Waals surface area contributed by atoms with Gasteiger partial charge in [0.1, 0.15) is 5.82 Å². The van der Waals surface area contributed by atoms with Crippen LogP contribution in [0, 0.1) is 12.7 Å². The molecule has 0 bridgehead atoms. The fraction of sp³-hybridized carbons (Fsp3) is 0.0909. The molecular weight excluding hydrogens is 181 g/mol. The van der Waals surface area contributed by atoms with Crippen LogP contribution < -0.4 is 5.73 Å². The predicted octanol–water partition coefficient (Wildman–Crippen LogP) is 2.98. The first-order valence-corrected chi connectivity index (χ1v) is 4.26. The van der Waals surface area contributed by atoms with E-state index in [1.165, 1.54) is 6.07 Å². The zero-order valence-electron chi connectivity index (χ0n) is 7.75. The van der Waals surface area contributed by atoms with Crippen LogP contribution in [0.15, 0.2) is 35.1 Å². The molecule has 14 heavy (non-hydrogen) atoms. The molecule has 0 unspecified atom stereocenters. The predicted molar refractivity (Wildman–Crippen MR) is 53.3 cm³/mol. The number of anilines is 1. The standard InChI is InChI=1S/C11H10FNO/c1-7-4-10(12)11(13)5-9(7)8-2-3-14-6-8/h2-6H,13H2,1H3. The fourth-order valence-corrected chi connectivity index (χ4v) is 1.42. The van der Waals surface area contributed by atoms with Gasteiger partial charge in [0, 0.05) is 5.56 Å². The van der Waals surface area contributed by atoms with Crippen molar-refractivity contribution in [3.8, 4) is 11.1 Å². The second-order valence-corrected chi connectivity index (χ2v) is 3.20. The van der Waals surface area contributed by atoms with Crippen LogP contribution in [0.2, 0.25) is 0 Å². The van der Waals surface area contributed by atoms with Gasteiger partial charge in [-0.15, -0.1) is 0 Å². The van der Waals surface area contributed by atoms with E-state index in [0.29, 0.717) is 0 Å². The molecule has 2 N–H and O–H groups in total. The molecule has 1 heterocycles. The summed E-state index contributed by atoms with van der Waals surface area (Å²) >= 11 is 0. The SMILES string of the molecule is Cc1cc(F)c(N)cc1-c1ccoc1. The molecule has 72 valence electrons. The number of nitrogen functional groups attached to an aromatic ring is 1. The van der Waals surface area contributed by atoms with Gasteiger partial charge in [-0.25, -0.2) is 4.39 Å². The van der Waals surface area contributed by atoms with E-state index in [9.17, 15) is 4.39 Å². The number of furan rings is 1. The summed E-state index contributed by atoms with van der Waals surface area (Å²) in [6, 6.07) is 4.87. The minimum Gasteiger partial charge on any atom is -0.472 e. The molecular formula is C11H10FNO. The van der Waals surface area contributed by atoms with Crippen molar-refractivity contribution in [3.63, 3.8) is 0 Å². The first-order valence-electron chi connectivity index (χ1n) is 4.26. The van der Waals surface area contributed by atoms with Crippen molar-refractivity contribution in [1.29, 1.82) is 0 Å². The van der Waals surface area contributed by atoms with Crippen LogP contribution >= 0.6 is 0 Å². The van der Waals surface area contributed by atoms with Crippen LogP contribution in [-0.2, 0) is 0 Å². The highest BCUT2D eigenvalue weighted by molar-refractivity contribution is 5.70. The number of halogens is 1. The summed E-state index contributed by atoms with van der Waals surface area (Å²) in [5.74, 6) is -0.380. The smallest absolute Gasteiger partial charge is 0.146 e. The molecule has 2 nitrogen and oxygen atoms in total. The number of aryl methyl sites for hydroxylation is 1. The van der Waals surface area contributed by atoms with Gasteiger partial charge < -0.3 is 10.2 Å². The highest BCUT2D eigenvalue weighted by Crippen LogP contribution is 2.27. The molecule has 2 aromatic rings. The van der Waals surface area contributed by atoms with Gasteiger partial charge in [-0.3, -0.25) is 0 Å². The minimum atomic E-state index is -0.380. The van der Waals surface area contributed by atoms with Crippen molar-refractivity contribution >= 4 is 5.69 Å². The summed E-state index contributed by atoms with van der Waals surface area (Å²) in [5.41, 5.74) is 8.31. The number of hydrogen-bond donors (Lipinski definition) is 1. The van der Waals surface area contributed by atoms with Gasteiger partial charge in [0.25, 0.3) is 0 Å². The molecule has 0 fully saturated rings. The Hall–Kier alpha value is -1.77. The topological polar surface area (TPSA) is 39.2 Å². The molecule has 0 amide bonds. The van der Waals surface area contributed by atoms with Gasteiger partial charge in [-0.05, 0) is 36.2 Å². The van der Waals surface area contributed by atoms with Crippen molar-refractivity contribution in [2.45, 2.75) is 6.92 Å². The quantitative estimate of drug-likeness (QED) is 0.704. The molecule has 0 aliphatic rings. The number of nitrogens with two attached hydrogens (primary N) is 1. The second-order valence-electron chi connectivity index (χ2n) is 3.20. The lowest BCUT2D eigenvalue weighted by Gasteiger charge is -2.05.